The van der Waals surface area contributed by atoms with Crippen molar-refractivity contribution < 1.29 is 31.4 Å². The summed E-state index contributed by atoms with van der Waals surface area (Å²) in [6.07, 6.45) is -0.912. The number of hydrogen-bond donors (Lipinski definition) is 1. The molecule has 1 unspecified atom stereocenters. The standard InChI is InChI=1S/C25H28F5N7O2/c1-14-31-21-17(26)10-15(11-18(21)36(14)12-20(27)28)16-4-7-37-22(16)23(39-3)33-24(34-37)32-19-5-6-35(8-9-38-2)13-25(19,29)30/h4,7,10-11,19-20H,5-6,8-9,12-13H2,1-3H3,(H,32,34). The van der Waals surface area contributed by atoms with Crippen LogP contribution in [0.25, 0.3) is 27.7 Å². The first kappa shape index (κ1) is 27.1. The van der Waals surface area contributed by atoms with Gasteiger partial charge >= 0.3 is 0 Å². The number of methoxy groups -OCH3 is 2. The molecule has 1 aromatic carbocycles. The molecule has 0 amide bonds. The lowest BCUT2D eigenvalue weighted by Gasteiger charge is -2.38. The van der Waals surface area contributed by atoms with E-state index in [9.17, 15) is 17.6 Å². The van der Waals surface area contributed by atoms with Gasteiger partial charge in [0, 0.05) is 32.0 Å². The molecule has 1 atom stereocenters. The summed E-state index contributed by atoms with van der Waals surface area (Å²) in [6, 6.07) is 3.27. The number of fused-ring (bicyclic) bond motifs is 2. The Kier molecular flexibility index (Phi) is 7.33. The van der Waals surface area contributed by atoms with Crippen molar-refractivity contribution in [3.05, 3.63) is 36.0 Å². The number of benzene rings is 1. The number of imidazole rings is 1. The van der Waals surface area contributed by atoms with Crippen LogP contribution in [0, 0.1) is 12.7 Å². The van der Waals surface area contributed by atoms with E-state index in [0.29, 0.717) is 36.3 Å². The molecule has 0 radical (unpaired) electrons. The van der Waals surface area contributed by atoms with Crippen LogP contribution < -0.4 is 10.1 Å². The maximum Gasteiger partial charge on any atom is 0.280 e. The van der Waals surface area contributed by atoms with E-state index in [1.165, 1.54) is 36.3 Å². The molecule has 3 aromatic heterocycles. The number of anilines is 1. The number of likely N-dealkylation sites (tertiary alicyclic amines) is 1. The molecule has 1 N–H and O–H groups in total. The van der Waals surface area contributed by atoms with Crippen LogP contribution >= 0.6 is 0 Å². The first-order chi connectivity index (χ1) is 18.6. The fourth-order valence-corrected chi connectivity index (χ4v) is 5.00. The first-order valence-corrected chi connectivity index (χ1v) is 12.3. The number of aryl methyl sites for hydroxylation is 1. The Morgan fingerprint density at radius 2 is 2.00 bits per heavy atom. The van der Waals surface area contributed by atoms with Gasteiger partial charge in [0.05, 0.1) is 38.4 Å². The van der Waals surface area contributed by atoms with E-state index in [0.717, 1.165) is 0 Å². The van der Waals surface area contributed by atoms with Crippen LogP contribution in [0.1, 0.15) is 12.2 Å². The van der Waals surface area contributed by atoms with E-state index in [2.05, 4.69) is 20.4 Å². The number of rotatable bonds is 9. The summed E-state index contributed by atoms with van der Waals surface area (Å²) < 4.78 is 84.3. The van der Waals surface area contributed by atoms with Crippen LogP contribution in [0.2, 0.25) is 0 Å². The zero-order chi connectivity index (χ0) is 27.9. The summed E-state index contributed by atoms with van der Waals surface area (Å²) in [5.74, 6) is -3.42. The van der Waals surface area contributed by atoms with Crippen molar-refractivity contribution in [1.29, 1.82) is 0 Å². The fourth-order valence-electron chi connectivity index (χ4n) is 5.00. The van der Waals surface area contributed by atoms with Gasteiger partial charge in [-0.25, -0.2) is 31.5 Å². The molecule has 0 spiro atoms. The SMILES string of the molecule is COCCN1CCC(Nc2nc(OC)c3c(-c4cc(F)c5nc(C)n(CC(F)F)c5c4)ccn3n2)C(F)(F)C1. The Bertz CT molecular complexity index is 1490. The number of alkyl halides is 4. The number of halogens is 5. The summed E-state index contributed by atoms with van der Waals surface area (Å²) >= 11 is 0. The van der Waals surface area contributed by atoms with E-state index in [4.69, 9.17) is 9.47 Å². The van der Waals surface area contributed by atoms with E-state index in [-0.39, 0.29) is 35.1 Å². The van der Waals surface area contributed by atoms with Crippen LogP contribution in [0.3, 0.4) is 0 Å². The average Bonchev–Trinajstić information content (AvgIpc) is 3.44. The lowest BCUT2D eigenvalue weighted by Crippen LogP contribution is -2.55. The number of piperidine rings is 1. The minimum Gasteiger partial charge on any atom is -0.479 e. The Morgan fingerprint density at radius 3 is 2.69 bits per heavy atom. The lowest BCUT2D eigenvalue weighted by molar-refractivity contribution is -0.0770. The maximum atomic E-state index is 15.0. The number of ether oxygens (including phenoxy) is 2. The second kappa shape index (κ2) is 10.6. The molecular weight excluding hydrogens is 525 g/mol. The van der Waals surface area contributed by atoms with Crippen LogP contribution in [0.15, 0.2) is 24.4 Å². The third-order valence-corrected chi connectivity index (χ3v) is 6.90. The number of nitrogens with zero attached hydrogens (tertiary/aromatic N) is 6. The van der Waals surface area contributed by atoms with Crippen molar-refractivity contribution >= 4 is 22.5 Å². The average molecular weight is 554 g/mol. The van der Waals surface area contributed by atoms with E-state index in [1.807, 2.05) is 0 Å². The Hall–Kier alpha value is -3.52. The van der Waals surface area contributed by atoms with Crippen molar-refractivity contribution in [1.82, 2.24) is 29.0 Å². The fraction of sp³-hybridized carbons (Fsp3) is 0.480. The molecule has 0 aliphatic carbocycles. The molecule has 1 aliphatic heterocycles. The van der Waals surface area contributed by atoms with Crippen molar-refractivity contribution in [2.45, 2.75) is 38.3 Å². The van der Waals surface area contributed by atoms with Gasteiger partial charge in [-0.1, -0.05) is 0 Å². The van der Waals surface area contributed by atoms with Crippen LogP contribution in [0.5, 0.6) is 5.88 Å². The van der Waals surface area contributed by atoms with Gasteiger partial charge in [0.2, 0.25) is 11.8 Å². The molecule has 39 heavy (non-hydrogen) atoms. The zero-order valence-corrected chi connectivity index (χ0v) is 21.6. The molecule has 4 heterocycles. The highest BCUT2D eigenvalue weighted by atomic mass is 19.3. The Balaban J connectivity index is 1.48. The molecule has 210 valence electrons. The van der Waals surface area contributed by atoms with Gasteiger partial charge in [-0.15, -0.1) is 5.10 Å². The van der Waals surface area contributed by atoms with Gasteiger partial charge in [0.1, 0.15) is 16.9 Å². The van der Waals surface area contributed by atoms with Crippen molar-refractivity contribution in [2.24, 2.45) is 0 Å². The summed E-state index contributed by atoms with van der Waals surface area (Å²) in [6.45, 7) is 1.73. The highest BCUT2D eigenvalue weighted by Crippen LogP contribution is 2.35. The molecule has 1 fully saturated rings. The molecule has 14 heteroatoms. The first-order valence-electron chi connectivity index (χ1n) is 12.3. The van der Waals surface area contributed by atoms with E-state index >= 15 is 4.39 Å². The minimum atomic E-state index is -3.04. The van der Waals surface area contributed by atoms with Gasteiger partial charge in [-0.2, -0.15) is 4.98 Å². The Labute approximate surface area is 220 Å². The van der Waals surface area contributed by atoms with E-state index < -0.39 is 37.3 Å². The quantitative estimate of drug-likeness (QED) is 0.311. The molecule has 5 rings (SSSR count). The molecular formula is C25H28F5N7O2. The molecule has 0 bridgehead atoms. The third kappa shape index (κ3) is 5.22. The topological polar surface area (TPSA) is 81.7 Å². The van der Waals surface area contributed by atoms with Crippen molar-refractivity contribution in [3.63, 3.8) is 0 Å². The smallest absolute Gasteiger partial charge is 0.280 e. The van der Waals surface area contributed by atoms with Gasteiger partial charge in [0.15, 0.2) is 5.82 Å². The molecule has 9 nitrogen and oxygen atoms in total. The van der Waals surface area contributed by atoms with Crippen LogP contribution in [-0.2, 0) is 11.3 Å². The second-order valence-electron chi connectivity index (χ2n) is 9.47. The van der Waals surface area contributed by atoms with Crippen LogP contribution in [0.4, 0.5) is 27.9 Å². The monoisotopic (exact) mass is 553 g/mol. The summed E-state index contributed by atoms with van der Waals surface area (Å²) in [4.78, 5) is 10.1. The van der Waals surface area contributed by atoms with Gasteiger partial charge in [0.25, 0.3) is 12.3 Å². The lowest BCUT2D eigenvalue weighted by atomic mass is 10.0. The van der Waals surface area contributed by atoms with Gasteiger partial charge in [-0.05, 0) is 37.1 Å². The number of aromatic nitrogens is 5. The predicted molar refractivity (Wildman–Crippen MR) is 134 cm³/mol. The highest BCUT2D eigenvalue weighted by molar-refractivity contribution is 5.90. The maximum absolute atomic E-state index is 15.0. The van der Waals surface area contributed by atoms with Crippen molar-refractivity contribution in [3.8, 4) is 17.0 Å². The summed E-state index contributed by atoms with van der Waals surface area (Å²) in [5, 5.41) is 7.09. The zero-order valence-electron chi connectivity index (χ0n) is 21.6. The predicted octanol–water partition coefficient (Wildman–Crippen LogP) is 4.24. The third-order valence-electron chi connectivity index (χ3n) is 6.90. The highest BCUT2D eigenvalue weighted by Gasteiger charge is 2.45. The Morgan fingerprint density at radius 1 is 1.21 bits per heavy atom. The molecule has 1 saturated heterocycles. The summed E-state index contributed by atoms with van der Waals surface area (Å²) in [5.41, 5.74) is 1.41. The number of hydrogen-bond acceptors (Lipinski definition) is 7. The van der Waals surface area contributed by atoms with E-state index in [1.54, 1.807) is 23.2 Å². The number of nitrogens with one attached hydrogen (secondary N) is 1. The minimum absolute atomic E-state index is 0.00990. The largest absolute Gasteiger partial charge is 0.479 e. The van der Waals surface area contributed by atoms with Crippen molar-refractivity contribution in [2.75, 3.05) is 45.8 Å². The molecule has 0 saturated carbocycles. The molecule has 4 aromatic rings. The summed E-state index contributed by atoms with van der Waals surface area (Å²) in [7, 11) is 2.90. The molecule has 1 aliphatic rings. The van der Waals surface area contributed by atoms with Gasteiger partial charge < -0.3 is 19.4 Å². The van der Waals surface area contributed by atoms with Crippen LogP contribution in [-0.4, -0.2) is 87.9 Å². The second-order valence-corrected chi connectivity index (χ2v) is 9.47. The normalized spacial score (nSPS) is 17.9. The van der Waals surface area contributed by atoms with Gasteiger partial charge in [-0.3, -0.25) is 4.90 Å².